The predicted octanol–water partition coefficient (Wildman–Crippen LogP) is 2.52. The van der Waals surface area contributed by atoms with E-state index in [4.69, 9.17) is 0 Å². The van der Waals surface area contributed by atoms with E-state index in [-0.39, 0.29) is 15.9 Å². The average Bonchev–Trinajstić information content (AvgIpc) is 2.93. The molecule has 21 heavy (non-hydrogen) atoms. The van der Waals surface area contributed by atoms with Crippen LogP contribution in [0.1, 0.15) is 38.7 Å². The number of halogens is 1. The molecule has 0 bridgehead atoms. The molecule has 6 heteroatoms. The third kappa shape index (κ3) is 2.98. The van der Waals surface area contributed by atoms with E-state index in [1.165, 1.54) is 10.4 Å². The van der Waals surface area contributed by atoms with Crippen molar-refractivity contribution in [2.24, 2.45) is 5.41 Å². The minimum Gasteiger partial charge on any atom is -0.392 e. The Kier molecular flexibility index (Phi) is 4.70. The van der Waals surface area contributed by atoms with Gasteiger partial charge in [-0.3, -0.25) is 0 Å². The third-order valence-corrected chi connectivity index (χ3v) is 6.65. The standard InChI is InChI=1S/C15H22FNO3S/c1-3-15(4-2)7-8-17(11-15)21(19,20)14-9-13(16)6-5-12(14)10-18/h5-6,9,18H,3-4,7-8,10-11H2,1-2H3. The highest BCUT2D eigenvalue weighted by Gasteiger charge is 2.41. The molecular formula is C15H22FNO3S. The van der Waals surface area contributed by atoms with Crippen LogP contribution in [0.25, 0.3) is 0 Å². The molecule has 1 aliphatic rings. The SMILES string of the molecule is CCC1(CC)CCN(S(=O)(=O)c2cc(F)ccc2CO)C1. The van der Waals surface area contributed by atoms with Crippen LogP contribution in [-0.4, -0.2) is 30.9 Å². The van der Waals surface area contributed by atoms with Gasteiger partial charge in [0.1, 0.15) is 5.82 Å². The molecule has 0 aliphatic carbocycles. The molecule has 0 atom stereocenters. The summed E-state index contributed by atoms with van der Waals surface area (Å²) in [6.07, 6.45) is 2.67. The van der Waals surface area contributed by atoms with Gasteiger partial charge in [0.05, 0.1) is 11.5 Å². The average molecular weight is 315 g/mol. The van der Waals surface area contributed by atoms with Crippen LogP contribution in [0.5, 0.6) is 0 Å². The van der Waals surface area contributed by atoms with Crippen molar-refractivity contribution >= 4 is 10.0 Å². The summed E-state index contributed by atoms with van der Waals surface area (Å²) in [6.45, 7) is 4.63. The van der Waals surface area contributed by atoms with Crippen LogP contribution in [0.15, 0.2) is 23.1 Å². The second-order valence-electron chi connectivity index (χ2n) is 5.71. The van der Waals surface area contributed by atoms with Crippen LogP contribution in [0, 0.1) is 11.2 Å². The predicted molar refractivity (Wildman–Crippen MR) is 78.7 cm³/mol. The zero-order chi connectivity index (χ0) is 15.7. The Bertz CT molecular complexity index is 611. The van der Waals surface area contributed by atoms with E-state index in [1.807, 2.05) is 0 Å². The Labute approximate surface area is 125 Å². The number of hydrogen-bond donors (Lipinski definition) is 1. The second kappa shape index (κ2) is 6.02. The first-order chi connectivity index (χ1) is 9.88. The summed E-state index contributed by atoms with van der Waals surface area (Å²) in [5, 5.41) is 9.31. The van der Waals surface area contributed by atoms with Crippen molar-refractivity contribution in [3.05, 3.63) is 29.6 Å². The van der Waals surface area contributed by atoms with Crippen LogP contribution in [0.4, 0.5) is 4.39 Å². The molecule has 0 unspecified atom stereocenters. The van der Waals surface area contributed by atoms with Crippen LogP contribution < -0.4 is 0 Å². The molecule has 0 amide bonds. The maximum absolute atomic E-state index is 13.4. The summed E-state index contributed by atoms with van der Waals surface area (Å²) in [6, 6.07) is 3.49. The zero-order valence-electron chi connectivity index (χ0n) is 12.5. The maximum atomic E-state index is 13.4. The van der Waals surface area contributed by atoms with Gasteiger partial charge in [-0.1, -0.05) is 19.9 Å². The normalized spacial score (nSPS) is 19.0. The molecule has 4 nitrogen and oxygen atoms in total. The molecule has 0 radical (unpaired) electrons. The van der Waals surface area contributed by atoms with Crippen molar-refractivity contribution in [3.63, 3.8) is 0 Å². The molecule has 1 aliphatic heterocycles. The van der Waals surface area contributed by atoms with Crippen LogP contribution in [-0.2, 0) is 16.6 Å². The molecule has 118 valence electrons. The lowest BCUT2D eigenvalue weighted by Gasteiger charge is -2.26. The Morgan fingerprint density at radius 3 is 2.52 bits per heavy atom. The zero-order valence-corrected chi connectivity index (χ0v) is 13.3. The third-order valence-electron chi connectivity index (χ3n) is 4.72. The lowest BCUT2D eigenvalue weighted by Crippen LogP contribution is -2.32. The summed E-state index contributed by atoms with van der Waals surface area (Å²) in [5.74, 6) is -0.609. The number of sulfonamides is 1. The lowest BCUT2D eigenvalue weighted by molar-refractivity contribution is 0.275. The van der Waals surface area contributed by atoms with Crippen LogP contribution >= 0.6 is 0 Å². The first-order valence-electron chi connectivity index (χ1n) is 7.28. The molecule has 2 rings (SSSR count). The van der Waals surface area contributed by atoms with E-state index in [0.717, 1.165) is 31.4 Å². The minimum absolute atomic E-state index is 0.0137. The van der Waals surface area contributed by atoms with Gasteiger partial charge >= 0.3 is 0 Å². The Hall–Kier alpha value is -0.980. The van der Waals surface area contributed by atoms with Crippen molar-refractivity contribution in [1.82, 2.24) is 4.31 Å². The number of hydrogen-bond acceptors (Lipinski definition) is 3. The van der Waals surface area contributed by atoms with Gasteiger partial charge in [0.2, 0.25) is 10.0 Å². The number of nitrogens with zero attached hydrogens (tertiary/aromatic N) is 1. The number of aliphatic hydroxyl groups excluding tert-OH is 1. The first-order valence-corrected chi connectivity index (χ1v) is 8.72. The Morgan fingerprint density at radius 2 is 2.00 bits per heavy atom. The molecule has 0 aromatic heterocycles. The highest BCUT2D eigenvalue weighted by atomic mass is 32.2. The van der Waals surface area contributed by atoms with Gasteiger partial charge in [0.15, 0.2) is 0 Å². The van der Waals surface area contributed by atoms with Gasteiger partial charge < -0.3 is 5.11 Å². The largest absolute Gasteiger partial charge is 0.392 e. The Balaban J connectivity index is 2.38. The molecule has 1 fully saturated rings. The fraction of sp³-hybridized carbons (Fsp3) is 0.600. The first kappa shape index (κ1) is 16.4. The molecule has 0 saturated carbocycles. The summed E-state index contributed by atoms with van der Waals surface area (Å²) >= 11 is 0. The van der Waals surface area contributed by atoms with Gasteiger partial charge in [-0.25, -0.2) is 12.8 Å². The van der Waals surface area contributed by atoms with Crippen molar-refractivity contribution in [3.8, 4) is 0 Å². The minimum atomic E-state index is -3.76. The van der Waals surface area contributed by atoms with Crippen molar-refractivity contribution in [1.29, 1.82) is 0 Å². The van der Waals surface area contributed by atoms with Gasteiger partial charge in [-0.15, -0.1) is 0 Å². The summed E-state index contributed by atoms with van der Waals surface area (Å²) in [4.78, 5) is -0.118. The number of aliphatic hydroxyl groups is 1. The van der Waals surface area contributed by atoms with Crippen molar-refractivity contribution in [2.45, 2.75) is 44.6 Å². The van der Waals surface area contributed by atoms with Gasteiger partial charge in [0, 0.05) is 13.1 Å². The molecule has 1 saturated heterocycles. The number of rotatable bonds is 5. The molecule has 1 aromatic carbocycles. The smallest absolute Gasteiger partial charge is 0.243 e. The van der Waals surface area contributed by atoms with Crippen LogP contribution in [0.3, 0.4) is 0 Å². The number of benzene rings is 1. The van der Waals surface area contributed by atoms with Crippen molar-refractivity contribution in [2.75, 3.05) is 13.1 Å². The molecule has 1 heterocycles. The molecule has 1 N–H and O–H groups in total. The quantitative estimate of drug-likeness (QED) is 0.908. The van der Waals surface area contributed by atoms with Gasteiger partial charge in [-0.2, -0.15) is 4.31 Å². The van der Waals surface area contributed by atoms with E-state index in [2.05, 4.69) is 13.8 Å². The van der Waals surface area contributed by atoms with E-state index < -0.39 is 22.4 Å². The van der Waals surface area contributed by atoms with E-state index >= 15 is 0 Å². The second-order valence-corrected chi connectivity index (χ2v) is 7.61. The highest BCUT2D eigenvalue weighted by Crippen LogP contribution is 2.39. The van der Waals surface area contributed by atoms with Crippen molar-refractivity contribution < 1.29 is 17.9 Å². The van der Waals surface area contributed by atoms with E-state index in [1.54, 1.807) is 0 Å². The summed E-state index contributed by atoms with van der Waals surface area (Å²) < 4.78 is 40.3. The van der Waals surface area contributed by atoms with E-state index in [0.29, 0.717) is 13.1 Å². The molecule has 1 aromatic rings. The van der Waals surface area contributed by atoms with Crippen LogP contribution in [0.2, 0.25) is 0 Å². The monoisotopic (exact) mass is 315 g/mol. The summed E-state index contributed by atoms with van der Waals surface area (Å²) in [5.41, 5.74) is 0.252. The highest BCUT2D eigenvalue weighted by molar-refractivity contribution is 7.89. The van der Waals surface area contributed by atoms with Gasteiger partial charge in [0.25, 0.3) is 0 Å². The lowest BCUT2D eigenvalue weighted by atomic mass is 9.82. The fourth-order valence-electron chi connectivity index (χ4n) is 2.96. The fourth-order valence-corrected chi connectivity index (χ4v) is 4.74. The van der Waals surface area contributed by atoms with Gasteiger partial charge in [-0.05, 0) is 42.4 Å². The maximum Gasteiger partial charge on any atom is 0.243 e. The molecular weight excluding hydrogens is 293 g/mol. The summed E-state index contributed by atoms with van der Waals surface area (Å²) in [7, 11) is -3.76. The Morgan fingerprint density at radius 1 is 1.33 bits per heavy atom. The topological polar surface area (TPSA) is 57.6 Å². The van der Waals surface area contributed by atoms with E-state index in [9.17, 15) is 17.9 Å². The molecule has 0 spiro atoms.